The van der Waals surface area contributed by atoms with Gasteiger partial charge in [0.1, 0.15) is 0 Å². The van der Waals surface area contributed by atoms with E-state index in [-0.39, 0.29) is 11.3 Å². The van der Waals surface area contributed by atoms with E-state index in [1.807, 2.05) is 24.3 Å². The molecule has 130 valence electrons. The Balaban J connectivity index is 1.37. The van der Waals surface area contributed by atoms with Gasteiger partial charge in [-0.05, 0) is 67.2 Å². The lowest BCUT2D eigenvalue weighted by Crippen LogP contribution is -2.53. The molecular weight excluding hydrogens is 374 g/mol. The zero-order valence-corrected chi connectivity index (χ0v) is 16.0. The third-order valence-corrected chi connectivity index (χ3v) is 7.64. The van der Waals surface area contributed by atoms with E-state index in [1.165, 1.54) is 43.9 Å². The van der Waals surface area contributed by atoms with Gasteiger partial charge in [-0.15, -0.1) is 0 Å². The number of amides is 1. The largest absolute Gasteiger partial charge is 0.325 e. The first-order chi connectivity index (χ1) is 12.0. The zero-order valence-electron chi connectivity index (χ0n) is 14.4. The molecule has 4 atom stereocenters. The van der Waals surface area contributed by atoms with Crippen LogP contribution in [0.15, 0.2) is 42.5 Å². The summed E-state index contributed by atoms with van der Waals surface area (Å²) in [6.07, 6.45) is 8.37. The molecule has 0 saturated heterocycles. The predicted octanol–water partition coefficient (Wildman–Crippen LogP) is 5.90. The molecule has 2 unspecified atom stereocenters. The molecule has 4 aliphatic rings. The van der Waals surface area contributed by atoms with Gasteiger partial charge in [0.05, 0.1) is 0 Å². The highest BCUT2D eigenvalue weighted by Crippen LogP contribution is 2.65. The molecule has 3 heteroatoms. The molecule has 6 rings (SSSR count). The van der Waals surface area contributed by atoms with Crippen LogP contribution in [-0.2, 0) is 4.79 Å². The summed E-state index contributed by atoms with van der Waals surface area (Å²) in [7, 11) is 0. The van der Waals surface area contributed by atoms with Crippen molar-refractivity contribution >= 4 is 38.3 Å². The summed E-state index contributed by atoms with van der Waals surface area (Å²) in [6, 6.07) is 14.4. The Labute approximate surface area is 157 Å². The minimum Gasteiger partial charge on any atom is -0.325 e. The maximum atomic E-state index is 12.9. The van der Waals surface area contributed by atoms with Crippen molar-refractivity contribution in [1.29, 1.82) is 0 Å². The minimum atomic E-state index is 0.189. The quantitative estimate of drug-likeness (QED) is 0.641. The lowest BCUT2D eigenvalue weighted by molar-refractivity contribution is -0.123. The molecule has 1 amide bonds. The monoisotopic (exact) mass is 397 g/mol. The van der Waals surface area contributed by atoms with Gasteiger partial charge in [-0.1, -0.05) is 52.3 Å². The maximum absolute atomic E-state index is 12.9. The third-order valence-electron chi connectivity index (χ3n) is 6.71. The van der Waals surface area contributed by atoms with Gasteiger partial charge >= 0.3 is 0 Å². The van der Waals surface area contributed by atoms with Crippen LogP contribution in [0.1, 0.15) is 44.9 Å². The highest BCUT2D eigenvalue weighted by atomic mass is 79.9. The molecule has 2 aromatic carbocycles. The molecule has 4 fully saturated rings. The first-order valence-electron chi connectivity index (χ1n) is 9.49. The van der Waals surface area contributed by atoms with Crippen LogP contribution >= 0.6 is 15.9 Å². The number of anilines is 1. The Morgan fingerprint density at radius 1 is 1.04 bits per heavy atom. The van der Waals surface area contributed by atoms with Gasteiger partial charge in [-0.2, -0.15) is 0 Å². The molecule has 0 aromatic heterocycles. The van der Waals surface area contributed by atoms with E-state index in [9.17, 15) is 4.79 Å². The second kappa shape index (κ2) is 5.57. The average Bonchev–Trinajstić information content (AvgIpc) is 2.52. The van der Waals surface area contributed by atoms with Crippen molar-refractivity contribution in [3.8, 4) is 0 Å². The third kappa shape index (κ3) is 2.81. The Kier molecular flexibility index (Phi) is 3.54. The number of hydrogen-bond donors (Lipinski definition) is 1. The van der Waals surface area contributed by atoms with Crippen LogP contribution in [-0.4, -0.2) is 10.2 Å². The van der Waals surface area contributed by atoms with E-state index in [2.05, 4.69) is 39.4 Å². The van der Waals surface area contributed by atoms with Crippen molar-refractivity contribution in [2.45, 2.75) is 49.3 Å². The summed E-state index contributed by atoms with van der Waals surface area (Å²) in [5.41, 5.74) is 1.17. The number of carbonyl (C=O) groups excluding carboxylic acids is 1. The SMILES string of the molecule is O=C(CC12C[C@@H]3C[C@@H](CC(Br)(C3)C1)C2)Nc1cccc2ccccc12. The number of rotatable bonds is 3. The topological polar surface area (TPSA) is 29.1 Å². The van der Waals surface area contributed by atoms with Crippen molar-refractivity contribution in [2.75, 3.05) is 5.32 Å². The van der Waals surface area contributed by atoms with Crippen molar-refractivity contribution in [3.63, 3.8) is 0 Å². The van der Waals surface area contributed by atoms with Crippen molar-refractivity contribution in [2.24, 2.45) is 17.3 Å². The fraction of sp³-hybridized carbons (Fsp3) is 0.500. The first-order valence-corrected chi connectivity index (χ1v) is 10.3. The summed E-state index contributed by atoms with van der Waals surface area (Å²) in [4.78, 5) is 12.9. The van der Waals surface area contributed by atoms with Crippen molar-refractivity contribution in [3.05, 3.63) is 42.5 Å². The van der Waals surface area contributed by atoms with Crippen LogP contribution in [0.3, 0.4) is 0 Å². The van der Waals surface area contributed by atoms with E-state index in [1.54, 1.807) is 0 Å². The van der Waals surface area contributed by atoms with Crippen LogP contribution in [0.4, 0.5) is 5.69 Å². The first kappa shape index (κ1) is 15.9. The Bertz CT molecular complexity index is 826. The molecule has 4 saturated carbocycles. The molecular formula is C22H24BrNO. The van der Waals surface area contributed by atoms with Gasteiger partial charge in [-0.3, -0.25) is 4.79 Å². The second-order valence-corrected chi connectivity index (χ2v) is 10.5. The molecule has 25 heavy (non-hydrogen) atoms. The Morgan fingerprint density at radius 2 is 1.76 bits per heavy atom. The number of nitrogens with one attached hydrogen (secondary N) is 1. The molecule has 2 nitrogen and oxygen atoms in total. The van der Waals surface area contributed by atoms with E-state index < -0.39 is 0 Å². The summed E-state index contributed by atoms with van der Waals surface area (Å²) < 4.78 is 0.316. The molecule has 0 heterocycles. The zero-order chi connectivity index (χ0) is 17.1. The number of fused-ring (bicyclic) bond motifs is 1. The van der Waals surface area contributed by atoms with Crippen LogP contribution in [0.25, 0.3) is 10.8 Å². The van der Waals surface area contributed by atoms with Crippen LogP contribution < -0.4 is 5.32 Å². The molecule has 0 aliphatic heterocycles. The molecule has 4 aliphatic carbocycles. The summed E-state index contributed by atoms with van der Waals surface area (Å²) in [5.74, 6) is 1.84. The number of halogens is 1. The number of carbonyl (C=O) groups is 1. The van der Waals surface area contributed by atoms with Gasteiger partial charge in [0.15, 0.2) is 0 Å². The summed E-state index contributed by atoms with van der Waals surface area (Å²) in [5, 5.41) is 5.52. The fourth-order valence-electron chi connectivity index (χ4n) is 6.41. The van der Waals surface area contributed by atoms with Crippen molar-refractivity contribution < 1.29 is 4.79 Å². The lowest BCUT2D eigenvalue weighted by atomic mass is 9.48. The van der Waals surface area contributed by atoms with Gasteiger partial charge in [0.2, 0.25) is 5.91 Å². The number of hydrogen-bond acceptors (Lipinski definition) is 1. The molecule has 0 spiro atoms. The standard InChI is InChI=1S/C22H24BrNO/c23-22-11-15-8-16(12-22)10-21(9-15,14-22)13-20(25)24-19-7-3-5-17-4-1-2-6-18(17)19/h1-7,15-16H,8-14H2,(H,24,25)/t15-,16+,21?,22?. The van der Waals surface area contributed by atoms with Gasteiger partial charge in [0, 0.05) is 21.8 Å². The van der Waals surface area contributed by atoms with E-state index in [0.717, 1.165) is 22.9 Å². The average molecular weight is 398 g/mol. The molecule has 0 radical (unpaired) electrons. The summed E-state index contributed by atoms with van der Waals surface area (Å²) in [6.45, 7) is 0. The minimum absolute atomic E-state index is 0.189. The number of benzene rings is 2. The summed E-state index contributed by atoms with van der Waals surface area (Å²) >= 11 is 4.05. The van der Waals surface area contributed by atoms with Crippen LogP contribution in [0.2, 0.25) is 0 Å². The molecule has 1 N–H and O–H groups in total. The van der Waals surface area contributed by atoms with Gasteiger partial charge in [0.25, 0.3) is 0 Å². The predicted molar refractivity (Wildman–Crippen MR) is 106 cm³/mol. The Morgan fingerprint density at radius 3 is 2.52 bits per heavy atom. The van der Waals surface area contributed by atoms with Crippen molar-refractivity contribution in [1.82, 2.24) is 0 Å². The fourth-order valence-corrected chi connectivity index (χ4v) is 7.92. The highest BCUT2D eigenvalue weighted by Gasteiger charge is 2.57. The van der Waals surface area contributed by atoms with E-state index >= 15 is 0 Å². The van der Waals surface area contributed by atoms with E-state index in [4.69, 9.17) is 0 Å². The maximum Gasteiger partial charge on any atom is 0.224 e. The number of alkyl halides is 1. The second-order valence-electron chi connectivity index (χ2n) is 8.86. The smallest absolute Gasteiger partial charge is 0.224 e. The molecule has 2 aromatic rings. The van der Waals surface area contributed by atoms with Crippen LogP contribution in [0, 0.1) is 17.3 Å². The Hall–Kier alpha value is -1.35. The van der Waals surface area contributed by atoms with Crippen LogP contribution in [0.5, 0.6) is 0 Å². The molecule has 4 bridgehead atoms. The van der Waals surface area contributed by atoms with Gasteiger partial charge in [-0.25, -0.2) is 0 Å². The lowest BCUT2D eigenvalue weighted by Gasteiger charge is -2.60. The van der Waals surface area contributed by atoms with E-state index in [0.29, 0.717) is 10.7 Å². The highest BCUT2D eigenvalue weighted by molar-refractivity contribution is 9.10. The normalized spacial score (nSPS) is 35.9. The van der Waals surface area contributed by atoms with Gasteiger partial charge < -0.3 is 5.32 Å².